The fourth-order valence-corrected chi connectivity index (χ4v) is 3.82. The number of ether oxygens (including phenoxy) is 1. The second kappa shape index (κ2) is 8.25. The third-order valence-electron chi connectivity index (χ3n) is 4.08. The Balaban J connectivity index is 1.62. The molecule has 0 saturated carbocycles. The SMILES string of the molecule is NOCCCCSCC1OC(n2cnc3c(N)ncnc32)C(O)C1O. The first kappa shape index (κ1) is 18.3. The zero-order valence-corrected chi connectivity index (χ0v) is 14.4. The summed E-state index contributed by atoms with van der Waals surface area (Å²) in [4.78, 5) is 16.7. The maximum atomic E-state index is 10.4. The van der Waals surface area contributed by atoms with Crippen molar-refractivity contribution >= 4 is 28.7 Å². The summed E-state index contributed by atoms with van der Waals surface area (Å²) in [6.45, 7) is 0.530. The van der Waals surface area contributed by atoms with Gasteiger partial charge in [0, 0.05) is 5.75 Å². The average molecular weight is 370 g/mol. The zero-order chi connectivity index (χ0) is 17.8. The van der Waals surface area contributed by atoms with E-state index in [9.17, 15) is 10.2 Å². The molecule has 10 nitrogen and oxygen atoms in total. The second-order valence-corrected chi connectivity index (χ2v) is 6.93. The van der Waals surface area contributed by atoms with Gasteiger partial charge in [-0.1, -0.05) is 0 Å². The van der Waals surface area contributed by atoms with Crippen LogP contribution in [-0.2, 0) is 9.57 Å². The third kappa shape index (κ3) is 3.86. The molecule has 11 heteroatoms. The highest BCUT2D eigenvalue weighted by molar-refractivity contribution is 7.99. The minimum Gasteiger partial charge on any atom is -0.387 e. The van der Waals surface area contributed by atoms with Crippen LogP contribution in [0.2, 0.25) is 0 Å². The van der Waals surface area contributed by atoms with E-state index in [1.54, 1.807) is 16.3 Å². The number of aliphatic hydroxyl groups is 2. The number of thioether (sulfide) groups is 1. The number of anilines is 1. The van der Waals surface area contributed by atoms with Crippen LogP contribution in [0.4, 0.5) is 5.82 Å². The lowest BCUT2D eigenvalue weighted by atomic mass is 10.1. The van der Waals surface area contributed by atoms with E-state index in [0.717, 1.165) is 18.6 Å². The molecule has 3 rings (SSSR count). The Morgan fingerprint density at radius 3 is 2.88 bits per heavy atom. The highest BCUT2D eigenvalue weighted by Crippen LogP contribution is 2.33. The summed E-state index contributed by atoms with van der Waals surface area (Å²) in [5.74, 6) is 6.70. The van der Waals surface area contributed by atoms with E-state index in [4.69, 9.17) is 16.4 Å². The first-order chi connectivity index (χ1) is 12.1. The van der Waals surface area contributed by atoms with Crippen molar-refractivity contribution in [3.8, 4) is 0 Å². The first-order valence-corrected chi connectivity index (χ1v) is 9.13. The van der Waals surface area contributed by atoms with E-state index in [1.165, 1.54) is 12.7 Å². The molecule has 6 N–H and O–H groups in total. The molecule has 0 amide bonds. The standard InChI is InChI=1S/C14H22N6O4S/c15-12-9-13(18-6-17-12)20(7-19-9)14-11(22)10(21)8(24-14)5-25-4-2-1-3-23-16/h6-8,10-11,14,21-22H,1-5,16H2,(H2,15,17,18). The molecule has 0 aromatic carbocycles. The van der Waals surface area contributed by atoms with Crippen LogP contribution >= 0.6 is 11.8 Å². The monoisotopic (exact) mass is 370 g/mol. The topological polar surface area (TPSA) is 155 Å². The number of rotatable bonds is 8. The maximum absolute atomic E-state index is 10.4. The highest BCUT2D eigenvalue weighted by Gasteiger charge is 2.44. The summed E-state index contributed by atoms with van der Waals surface area (Å²) in [6.07, 6.45) is 1.33. The number of hydrogen-bond donors (Lipinski definition) is 4. The molecule has 1 saturated heterocycles. The second-order valence-electron chi connectivity index (χ2n) is 5.78. The third-order valence-corrected chi connectivity index (χ3v) is 5.22. The van der Waals surface area contributed by atoms with Gasteiger partial charge in [0.2, 0.25) is 0 Å². The van der Waals surface area contributed by atoms with Crippen LogP contribution in [0.5, 0.6) is 0 Å². The number of nitrogens with zero attached hydrogens (tertiary/aromatic N) is 4. The summed E-state index contributed by atoms with van der Waals surface area (Å²) >= 11 is 1.65. The molecular formula is C14H22N6O4S. The Hall–Kier alpha value is -1.50. The van der Waals surface area contributed by atoms with Gasteiger partial charge in [-0.15, -0.1) is 0 Å². The summed E-state index contributed by atoms with van der Waals surface area (Å²) in [5, 5.41) is 20.6. The van der Waals surface area contributed by atoms with Gasteiger partial charge in [0.15, 0.2) is 17.7 Å². The molecule has 2 aromatic rings. The molecule has 0 radical (unpaired) electrons. The zero-order valence-electron chi connectivity index (χ0n) is 13.6. The van der Waals surface area contributed by atoms with Crippen molar-refractivity contribution < 1.29 is 19.8 Å². The Morgan fingerprint density at radius 2 is 2.08 bits per heavy atom. The van der Waals surface area contributed by atoms with Gasteiger partial charge in [-0.3, -0.25) is 4.57 Å². The van der Waals surface area contributed by atoms with Crippen LogP contribution in [0.15, 0.2) is 12.7 Å². The van der Waals surface area contributed by atoms with E-state index < -0.39 is 24.5 Å². The first-order valence-electron chi connectivity index (χ1n) is 7.97. The lowest BCUT2D eigenvalue weighted by Gasteiger charge is -2.16. The number of unbranched alkanes of at least 4 members (excludes halogenated alkanes) is 1. The van der Waals surface area contributed by atoms with Gasteiger partial charge in [0.25, 0.3) is 0 Å². The molecule has 1 fully saturated rings. The van der Waals surface area contributed by atoms with Crippen molar-refractivity contribution in [3.05, 3.63) is 12.7 Å². The predicted molar refractivity (Wildman–Crippen MR) is 92.4 cm³/mol. The molecule has 1 aliphatic heterocycles. The summed E-state index contributed by atoms with van der Waals surface area (Å²) < 4.78 is 7.44. The fourth-order valence-electron chi connectivity index (χ4n) is 2.74. The molecule has 0 aliphatic carbocycles. The number of nitrogen functional groups attached to an aromatic ring is 1. The summed E-state index contributed by atoms with van der Waals surface area (Å²) in [7, 11) is 0. The Kier molecular flexibility index (Phi) is 6.04. The fraction of sp³-hybridized carbons (Fsp3) is 0.643. The molecule has 4 unspecified atom stereocenters. The van der Waals surface area contributed by atoms with Gasteiger partial charge in [0.1, 0.15) is 24.1 Å². The molecule has 1 aliphatic rings. The molecule has 4 atom stereocenters. The number of fused-ring (bicyclic) bond motifs is 1. The van der Waals surface area contributed by atoms with Crippen molar-refractivity contribution in [2.24, 2.45) is 5.90 Å². The van der Waals surface area contributed by atoms with E-state index >= 15 is 0 Å². The van der Waals surface area contributed by atoms with Gasteiger partial charge >= 0.3 is 0 Å². The van der Waals surface area contributed by atoms with Crippen molar-refractivity contribution in [3.63, 3.8) is 0 Å². The lowest BCUT2D eigenvalue weighted by molar-refractivity contribution is -0.0289. The van der Waals surface area contributed by atoms with Crippen LogP contribution in [0.1, 0.15) is 19.1 Å². The molecule has 0 bridgehead atoms. The van der Waals surface area contributed by atoms with Crippen molar-refractivity contribution in [1.29, 1.82) is 0 Å². The molecule has 3 heterocycles. The Labute approximate surface area is 148 Å². The number of aromatic nitrogens is 4. The van der Waals surface area contributed by atoms with Gasteiger partial charge in [-0.25, -0.2) is 20.8 Å². The van der Waals surface area contributed by atoms with Crippen LogP contribution in [0.25, 0.3) is 11.2 Å². The van der Waals surface area contributed by atoms with Crippen molar-refractivity contribution in [2.45, 2.75) is 37.4 Å². The quantitative estimate of drug-likeness (QED) is 0.351. The number of nitrogens with two attached hydrogens (primary N) is 2. The van der Waals surface area contributed by atoms with E-state index in [-0.39, 0.29) is 5.82 Å². The minimum atomic E-state index is -1.08. The Bertz CT molecular complexity index is 701. The van der Waals surface area contributed by atoms with Crippen LogP contribution in [-0.4, -0.2) is 66.2 Å². The largest absolute Gasteiger partial charge is 0.387 e. The van der Waals surface area contributed by atoms with Crippen LogP contribution in [0.3, 0.4) is 0 Å². The van der Waals surface area contributed by atoms with E-state index in [1.807, 2.05) is 0 Å². The molecule has 25 heavy (non-hydrogen) atoms. The summed E-state index contributed by atoms with van der Waals surface area (Å²) in [5.41, 5.74) is 6.67. The van der Waals surface area contributed by atoms with Crippen LogP contribution < -0.4 is 11.6 Å². The predicted octanol–water partition coefficient (Wildman–Crippen LogP) is -0.569. The Morgan fingerprint density at radius 1 is 1.24 bits per heavy atom. The number of aliphatic hydroxyl groups excluding tert-OH is 2. The van der Waals surface area contributed by atoms with Gasteiger partial charge in [-0.05, 0) is 18.6 Å². The van der Waals surface area contributed by atoms with Gasteiger partial charge in [-0.2, -0.15) is 11.8 Å². The van der Waals surface area contributed by atoms with Crippen molar-refractivity contribution in [2.75, 3.05) is 23.8 Å². The minimum absolute atomic E-state index is 0.255. The molecule has 2 aromatic heterocycles. The van der Waals surface area contributed by atoms with Crippen molar-refractivity contribution in [1.82, 2.24) is 19.5 Å². The normalized spacial score (nSPS) is 26.5. The highest BCUT2D eigenvalue weighted by atomic mass is 32.2. The van der Waals surface area contributed by atoms with Crippen LogP contribution in [0, 0.1) is 0 Å². The maximum Gasteiger partial charge on any atom is 0.167 e. The van der Waals surface area contributed by atoms with E-state index in [0.29, 0.717) is 23.5 Å². The average Bonchev–Trinajstić information content (AvgIpc) is 3.15. The van der Waals surface area contributed by atoms with E-state index in [2.05, 4.69) is 19.8 Å². The number of imidazole rings is 1. The molecule has 0 spiro atoms. The lowest BCUT2D eigenvalue weighted by Crippen LogP contribution is -2.32. The number of hydrogen-bond acceptors (Lipinski definition) is 10. The summed E-state index contributed by atoms with van der Waals surface area (Å²) in [6, 6.07) is 0. The molecular weight excluding hydrogens is 348 g/mol. The van der Waals surface area contributed by atoms with Gasteiger partial charge < -0.3 is 25.5 Å². The molecule has 138 valence electrons. The van der Waals surface area contributed by atoms with Gasteiger partial charge in [0.05, 0.1) is 19.0 Å². The smallest absolute Gasteiger partial charge is 0.167 e.